The van der Waals surface area contributed by atoms with E-state index in [1.54, 1.807) is 0 Å². The molecule has 0 aromatic heterocycles. The average Bonchev–Trinajstić information content (AvgIpc) is 2.16. The molecule has 0 heterocycles. The molecule has 0 aliphatic heterocycles. The molecular weight excluding hydrogens is 192 g/mol. The summed E-state index contributed by atoms with van der Waals surface area (Å²) in [5, 5.41) is 0. The van der Waals surface area contributed by atoms with Crippen molar-refractivity contribution in [3.8, 4) is 0 Å². The quantitative estimate of drug-likeness (QED) is 0.663. The first kappa shape index (κ1) is 13.8. The second kappa shape index (κ2) is 7.18. The van der Waals surface area contributed by atoms with E-state index in [0.717, 1.165) is 25.4 Å². The molecule has 84 valence electrons. The molecule has 0 aromatic carbocycles. The highest BCUT2D eigenvalue weighted by atomic mass is 32.1. The van der Waals surface area contributed by atoms with Gasteiger partial charge in [0.1, 0.15) is 0 Å². The van der Waals surface area contributed by atoms with Crippen LogP contribution in [0.2, 0.25) is 0 Å². The van der Waals surface area contributed by atoms with Crippen LogP contribution < -0.4 is 5.73 Å². The molecule has 0 rings (SSSR count). The molecule has 0 aliphatic rings. The van der Waals surface area contributed by atoms with Gasteiger partial charge in [-0.2, -0.15) is 0 Å². The summed E-state index contributed by atoms with van der Waals surface area (Å²) in [4.78, 5) is 3.02. The van der Waals surface area contributed by atoms with E-state index >= 15 is 0 Å². The molecule has 0 amide bonds. The molecule has 2 N–H and O–H groups in total. The maximum atomic E-state index is 5.73. The fraction of sp³-hybridized carbons (Fsp3) is 0.909. The van der Waals surface area contributed by atoms with E-state index in [9.17, 15) is 0 Å². The van der Waals surface area contributed by atoms with E-state index in [0.29, 0.717) is 4.99 Å². The molecule has 2 unspecified atom stereocenters. The van der Waals surface area contributed by atoms with Gasteiger partial charge >= 0.3 is 0 Å². The minimum absolute atomic E-state index is 0.281. The predicted octanol–water partition coefficient (Wildman–Crippen LogP) is 2.42. The second-order valence-electron chi connectivity index (χ2n) is 3.93. The van der Waals surface area contributed by atoms with Crippen LogP contribution in [-0.4, -0.2) is 29.0 Å². The highest BCUT2D eigenvalue weighted by molar-refractivity contribution is 7.80. The summed E-state index contributed by atoms with van der Waals surface area (Å²) in [7, 11) is 0. The van der Waals surface area contributed by atoms with Crippen molar-refractivity contribution in [2.24, 2.45) is 11.7 Å². The molecule has 0 spiro atoms. The highest BCUT2D eigenvalue weighted by Gasteiger charge is 2.18. The van der Waals surface area contributed by atoms with Crippen molar-refractivity contribution >= 4 is 17.2 Å². The Hall–Kier alpha value is -0.150. The summed E-state index contributed by atoms with van der Waals surface area (Å²) in [6.45, 7) is 10.9. The van der Waals surface area contributed by atoms with E-state index in [-0.39, 0.29) is 6.04 Å². The summed E-state index contributed by atoms with van der Waals surface area (Å²) >= 11 is 5.08. The number of nitrogens with two attached hydrogens (primary N) is 1. The molecule has 0 bridgehead atoms. The predicted molar refractivity (Wildman–Crippen MR) is 67.6 cm³/mol. The SMILES string of the molecule is CCC(C)CN(CC)C(CC)C(N)=S. The maximum Gasteiger partial charge on any atom is 0.0901 e. The minimum Gasteiger partial charge on any atom is -0.392 e. The highest BCUT2D eigenvalue weighted by Crippen LogP contribution is 2.10. The van der Waals surface area contributed by atoms with Crippen LogP contribution in [0.1, 0.15) is 40.5 Å². The Labute approximate surface area is 93.8 Å². The number of hydrogen-bond donors (Lipinski definition) is 1. The summed E-state index contributed by atoms with van der Waals surface area (Å²) in [6.07, 6.45) is 2.23. The number of hydrogen-bond acceptors (Lipinski definition) is 2. The molecule has 0 radical (unpaired) electrons. The maximum absolute atomic E-state index is 5.73. The number of nitrogens with zero attached hydrogens (tertiary/aromatic N) is 1. The van der Waals surface area contributed by atoms with Crippen molar-refractivity contribution in [2.45, 2.75) is 46.6 Å². The topological polar surface area (TPSA) is 29.3 Å². The van der Waals surface area contributed by atoms with Crippen LogP contribution in [0, 0.1) is 5.92 Å². The summed E-state index contributed by atoms with van der Waals surface area (Å²) < 4.78 is 0. The number of rotatable bonds is 7. The normalized spacial score (nSPS) is 15.5. The van der Waals surface area contributed by atoms with Crippen molar-refractivity contribution in [1.29, 1.82) is 0 Å². The van der Waals surface area contributed by atoms with Gasteiger partial charge in [-0.25, -0.2) is 0 Å². The van der Waals surface area contributed by atoms with Gasteiger partial charge in [-0.1, -0.05) is 46.3 Å². The van der Waals surface area contributed by atoms with Crippen LogP contribution in [-0.2, 0) is 0 Å². The monoisotopic (exact) mass is 216 g/mol. The van der Waals surface area contributed by atoms with E-state index in [1.807, 2.05) is 0 Å². The lowest BCUT2D eigenvalue weighted by Crippen LogP contribution is -2.45. The zero-order chi connectivity index (χ0) is 11.1. The third-order valence-electron chi connectivity index (χ3n) is 2.81. The first-order valence-corrected chi connectivity index (χ1v) is 6.00. The molecule has 0 aliphatic carbocycles. The molecule has 3 heteroatoms. The first-order valence-electron chi connectivity index (χ1n) is 5.60. The minimum atomic E-state index is 0.281. The van der Waals surface area contributed by atoms with Crippen LogP contribution >= 0.6 is 12.2 Å². The summed E-state index contributed by atoms with van der Waals surface area (Å²) in [6, 6.07) is 0.281. The van der Waals surface area contributed by atoms with Gasteiger partial charge in [0.25, 0.3) is 0 Å². The lowest BCUT2D eigenvalue weighted by Gasteiger charge is -2.31. The third kappa shape index (κ3) is 4.38. The van der Waals surface area contributed by atoms with Crippen LogP contribution in [0.4, 0.5) is 0 Å². The van der Waals surface area contributed by atoms with Crippen molar-refractivity contribution in [3.63, 3.8) is 0 Å². The largest absolute Gasteiger partial charge is 0.392 e. The Balaban J connectivity index is 4.28. The van der Waals surface area contributed by atoms with Crippen molar-refractivity contribution in [2.75, 3.05) is 13.1 Å². The van der Waals surface area contributed by atoms with Crippen LogP contribution in [0.15, 0.2) is 0 Å². The van der Waals surface area contributed by atoms with Gasteiger partial charge in [0.15, 0.2) is 0 Å². The second-order valence-corrected chi connectivity index (χ2v) is 4.40. The van der Waals surface area contributed by atoms with Gasteiger partial charge < -0.3 is 5.73 Å². The molecular formula is C11H24N2S. The lowest BCUT2D eigenvalue weighted by atomic mass is 10.1. The average molecular weight is 216 g/mol. The Kier molecular flexibility index (Phi) is 7.11. The smallest absolute Gasteiger partial charge is 0.0901 e. The van der Waals surface area contributed by atoms with Crippen LogP contribution in [0.3, 0.4) is 0 Å². The van der Waals surface area contributed by atoms with Gasteiger partial charge in [0, 0.05) is 6.54 Å². The third-order valence-corrected chi connectivity index (χ3v) is 3.08. The molecule has 0 fully saturated rings. The first-order chi connectivity index (χ1) is 6.56. The van der Waals surface area contributed by atoms with Gasteiger partial charge in [0.05, 0.1) is 11.0 Å². The molecule has 0 saturated carbocycles. The van der Waals surface area contributed by atoms with Gasteiger partial charge in [0.2, 0.25) is 0 Å². The fourth-order valence-electron chi connectivity index (χ4n) is 1.65. The van der Waals surface area contributed by atoms with Crippen molar-refractivity contribution < 1.29 is 0 Å². The fourth-order valence-corrected chi connectivity index (χ4v) is 1.96. The Bertz CT molecular complexity index is 171. The van der Waals surface area contributed by atoms with Crippen LogP contribution in [0.25, 0.3) is 0 Å². The summed E-state index contributed by atoms with van der Waals surface area (Å²) in [5.41, 5.74) is 5.73. The van der Waals surface area contributed by atoms with E-state index in [1.165, 1.54) is 6.42 Å². The zero-order valence-corrected chi connectivity index (χ0v) is 10.7. The zero-order valence-electron chi connectivity index (χ0n) is 9.92. The molecule has 2 nitrogen and oxygen atoms in total. The Morgan fingerprint density at radius 2 is 1.86 bits per heavy atom. The van der Waals surface area contributed by atoms with Crippen molar-refractivity contribution in [1.82, 2.24) is 4.90 Å². The molecule has 0 saturated heterocycles. The van der Waals surface area contributed by atoms with Gasteiger partial charge in [-0.05, 0) is 18.9 Å². The molecule has 2 atom stereocenters. The Morgan fingerprint density at radius 3 is 2.14 bits per heavy atom. The molecule has 14 heavy (non-hydrogen) atoms. The number of likely N-dealkylation sites (N-methyl/N-ethyl adjacent to an activating group) is 1. The van der Waals surface area contributed by atoms with E-state index in [4.69, 9.17) is 18.0 Å². The number of thiocarbonyl (C=S) groups is 1. The van der Waals surface area contributed by atoms with Crippen LogP contribution in [0.5, 0.6) is 0 Å². The van der Waals surface area contributed by atoms with E-state index in [2.05, 4.69) is 32.6 Å². The van der Waals surface area contributed by atoms with Gasteiger partial charge in [-0.3, -0.25) is 4.90 Å². The van der Waals surface area contributed by atoms with Crippen molar-refractivity contribution in [3.05, 3.63) is 0 Å². The standard InChI is InChI=1S/C11H24N2S/c1-5-9(4)8-13(7-3)10(6-2)11(12)14/h9-10H,5-8H2,1-4H3,(H2,12,14). The van der Waals surface area contributed by atoms with Gasteiger partial charge in [-0.15, -0.1) is 0 Å². The summed E-state index contributed by atoms with van der Waals surface area (Å²) in [5.74, 6) is 0.721. The molecule has 0 aromatic rings. The van der Waals surface area contributed by atoms with E-state index < -0.39 is 0 Å². The Morgan fingerprint density at radius 1 is 1.29 bits per heavy atom. The lowest BCUT2D eigenvalue weighted by molar-refractivity contribution is 0.214.